The van der Waals surface area contributed by atoms with Crippen LogP contribution in [0, 0.1) is 12.7 Å². The van der Waals surface area contributed by atoms with E-state index in [4.69, 9.17) is 7.17 Å². The number of alkyl halides is 2. The normalized spacial score (nSPS) is 18.1. The minimum absolute atomic E-state index is 0.0902. The fourth-order valence-corrected chi connectivity index (χ4v) is 7.83. The van der Waals surface area contributed by atoms with Crippen LogP contribution < -0.4 is 10.8 Å². The molecular weight excluding hydrogens is 540 g/mol. The van der Waals surface area contributed by atoms with Crippen molar-refractivity contribution in [3.8, 4) is 0 Å². The molecule has 1 fully saturated rings. The van der Waals surface area contributed by atoms with Gasteiger partial charge in [0.25, 0.3) is 5.92 Å². The lowest BCUT2D eigenvalue weighted by Crippen LogP contribution is -2.43. The molecule has 39 heavy (non-hydrogen) atoms. The Kier molecular flexibility index (Phi) is 7.31. The van der Waals surface area contributed by atoms with Gasteiger partial charge in [0.15, 0.2) is 8.32 Å². The van der Waals surface area contributed by atoms with Crippen molar-refractivity contribution in [3.63, 3.8) is 0 Å². The SMILES string of the molecule is [2H]C([2H])(O[Si](C)(C)C(C)(C)C)C(F)(F)c1cccc([C@@H](C)Nc2nc(C)nc3cnc(P4(=O)CCCC4)cc23)c1F. The molecule has 1 aliphatic rings. The summed E-state index contributed by atoms with van der Waals surface area (Å²) in [6.45, 7) is 8.62. The Morgan fingerprint density at radius 3 is 2.51 bits per heavy atom. The van der Waals surface area contributed by atoms with E-state index in [1.54, 1.807) is 39.2 Å². The Balaban J connectivity index is 1.70. The van der Waals surface area contributed by atoms with Gasteiger partial charge in [0, 0.05) is 23.3 Å². The zero-order valence-electron chi connectivity index (χ0n) is 25.5. The lowest BCUT2D eigenvalue weighted by atomic mass is 10.00. The average molecular weight is 581 g/mol. The Labute approximate surface area is 232 Å². The third-order valence-electron chi connectivity index (χ3n) is 7.81. The molecule has 3 heterocycles. The smallest absolute Gasteiger partial charge is 0.297 e. The second-order valence-electron chi connectivity index (χ2n) is 11.8. The van der Waals surface area contributed by atoms with Crippen molar-refractivity contribution in [2.75, 3.05) is 24.2 Å². The molecule has 0 radical (unpaired) electrons. The van der Waals surface area contributed by atoms with Gasteiger partial charge in [-0.1, -0.05) is 32.9 Å². The lowest BCUT2D eigenvalue weighted by molar-refractivity contribution is -0.0536. The maximum absolute atomic E-state index is 15.8. The summed E-state index contributed by atoms with van der Waals surface area (Å²) >= 11 is 0. The summed E-state index contributed by atoms with van der Waals surface area (Å²) in [7, 11) is -5.58. The van der Waals surface area contributed by atoms with Crippen molar-refractivity contribution in [1.29, 1.82) is 0 Å². The van der Waals surface area contributed by atoms with Crippen LogP contribution in [0.3, 0.4) is 0 Å². The van der Waals surface area contributed by atoms with Crippen LogP contribution in [0.15, 0.2) is 30.5 Å². The number of rotatable bonds is 8. The van der Waals surface area contributed by atoms with Crippen LogP contribution in [0.2, 0.25) is 18.1 Å². The van der Waals surface area contributed by atoms with Crippen molar-refractivity contribution >= 4 is 37.6 Å². The molecule has 6 nitrogen and oxygen atoms in total. The third-order valence-corrected chi connectivity index (χ3v) is 15.2. The number of halogens is 3. The molecule has 1 N–H and O–H groups in total. The number of hydrogen-bond acceptors (Lipinski definition) is 6. The summed E-state index contributed by atoms with van der Waals surface area (Å²) in [4.78, 5) is 13.3. The number of aromatic nitrogens is 3. The molecule has 0 unspecified atom stereocenters. The molecule has 2 aromatic heterocycles. The molecule has 0 amide bonds. The van der Waals surface area contributed by atoms with Crippen molar-refractivity contribution < 1.29 is 24.9 Å². The summed E-state index contributed by atoms with van der Waals surface area (Å²) in [5.74, 6) is -4.74. The van der Waals surface area contributed by atoms with Crippen LogP contribution >= 0.6 is 7.14 Å². The number of hydrogen-bond donors (Lipinski definition) is 1. The fraction of sp³-hybridized carbons (Fsp3) is 0.536. The van der Waals surface area contributed by atoms with E-state index in [9.17, 15) is 4.57 Å². The second kappa shape index (κ2) is 10.6. The fourth-order valence-electron chi connectivity index (χ4n) is 4.35. The van der Waals surface area contributed by atoms with Gasteiger partial charge < -0.3 is 14.3 Å². The van der Waals surface area contributed by atoms with E-state index in [1.165, 1.54) is 12.1 Å². The maximum atomic E-state index is 15.8. The standard InChI is InChI=1S/C28H38F3N4O2PSi/c1-18(20-11-10-12-22(25(20)29)28(30,31)17-37-39(6,7)27(3,4)5)33-26-21-15-24(38(36)13-8-9-14-38)32-16-23(21)34-19(2)35-26/h10-12,15-16,18H,8-9,13-14,17H2,1-7H3,(H,33,34,35)/t18-/m1/s1/i17D2. The number of pyridine rings is 1. The number of aryl methyl sites for hydroxylation is 1. The number of nitrogens with one attached hydrogen (secondary N) is 1. The van der Waals surface area contributed by atoms with Gasteiger partial charge in [-0.2, -0.15) is 8.78 Å². The minimum Gasteiger partial charge on any atom is -0.410 e. The monoisotopic (exact) mass is 580 g/mol. The van der Waals surface area contributed by atoms with E-state index in [0.29, 0.717) is 40.3 Å². The zero-order valence-corrected chi connectivity index (χ0v) is 25.4. The topological polar surface area (TPSA) is 77.0 Å². The molecular formula is C28H38F3N4O2PSi. The Hall–Kier alpha value is -2.29. The van der Waals surface area contributed by atoms with E-state index in [1.807, 2.05) is 20.8 Å². The highest BCUT2D eigenvalue weighted by atomic mass is 31.2. The molecule has 1 saturated heterocycles. The molecule has 0 saturated carbocycles. The van der Waals surface area contributed by atoms with Crippen LogP contribution in [-0.2, 0) is 14.9 Å². The molecule has 1 aromatic carbocycles. The first kappa shape index (κ1) is 26.9. The predicted molar refractivity (Wildman–Crippen MR) is 154 cm³/mol. The predicted octanol–water partition coefficient (Wildman–Crippen LogP) is 7.54. The van der Waals surface area contributed by atoms with Gasteiger partial charge in [0.1, 0.15) is 36.6 Å². The molecule has 0 spiro atoms. The van der Waals surface area contributed by atoms with Gasteiger partial charge in [-0.25, -0.2) is 14.4 Å². The number of benzene rings is 1. The van der Waals surface area contributed by atoms with Crippen LogP contribution in [0.4, 0.5) is 19.0 Å². The first-order valence-corrected chi connectivity index (χ1v) is 18.1. The van der Waals surface area contributed by atoms with E-state index in [-0.39, 0.29) is 5.56 Å². The van der Waals surface area contributed by atoms with Gasteiger partial charge in [-0.05, 0) is 57.0 Å². The highest BCUT2D eigenvalue weighted by molar-refractivity contribution is 7.71. The molecule has 0 aliphatic carbocycles. The van der Waals surface area contributed by atoms with Crippen molar-refractivity contribution in [2.24, 2.45) is 0 Å². The van der Waals surface area contributed by atoms with E-state index in [0.717, 1.165) is 18.9 Å². The van der Waals surface area contributed by atoms with Gasteiger partial charge in [-0.15, -0.1) is 0 Å². The second-order valence-corrected chi connectivity index (χ2v) is 19.7. The summed E-state index contributed by atoms with van der Waals surface area (Å²) in [5.41, 5.74) is -0.157. The first-order chi connectivity index (χ1) is 18.8. The summed E-state index contributed by atoms with van der Waals surface area (Å²) in [6.07, 6.45) is 4.50. The Morgan fingerprint density at radius 2 is 1.87 bits per heavy atom. The van der Waals surface area contributed by atoms with Gasteiger partial charge in [-0.3, -0.25) is 4.98 Å². The van der Waals surface area contributed by atoms with Crippen molar-refractivity contribution in [3.05, 3.63) is 53.2 Å². The van der Waals surface area contributed by atoms with E-state index < -0.39 is 50.4 Å². The molecule has 3 aromatic rings. The summed E-state index contributed by atoms with van der Waals surface area (Å²) in [6, 6.07) is 4.41. The first-order valence-electron chi connectivity index (χ1n) is 14.2. The lowest BCUT2D eigenvalue weighted by Gasteiger charge is -2.37. The molecule has 1 atom stereocenters. The molecule has 0 bridgehead atoms. The van der Waals surface area contributed by atoms with Crippen LogP contribution in [0.25, 0.3) is 10.9 Å². The number of anilines is 1. The Morgan fingerprint density at radius 1 is 1.21 bits per heavy atom. The van der Waals surface area contributed by atoms with Crippen LogP contribution in [0.1, 0.15) is 66.3 Å². The van der Waals surface area contributed by atoms with E-state index in [2.05, 4.69) is 20.3 Å². The van der Waals surface area contributed by atoms with Crippen LogP contribution in [-0.4, -0.2) is 42.2 Å². The average Bonchev–Trinajstić information content (AvgIpc) is 3.29. The highest BCUT2D eigenvalue weighted by Crippen LogP contribution is 2.50. The Bertz CT molecular complexity index is 1510. The number of nitrogens with zero attached hydrogens (tertiary/aromatic N) is 3. The molecule has 1 aliphatic heterocycles. The minimum atomic E-state index is -4.27. The maximum Gasteiger partial charge on any atom is 0.297 e. The highest BCUT2D eigenvalue weighted by Gasteiger charge is 2.43. The molecule has 11 heteroatoms. The molecule has 212 valence electrons. The summed E-state index contributed by atoms with van der Waals surface area (Å²) in [5, 5.41) is 3.14. The molecule has 4 rings (SSSR count). The zero-order chi connectivity index (χ0) is 30.6. The van der Waals surface area contributed by atoms with Gasteiger partial charge >= 0.3 is 0 Å². The van der Waals surface area contributed by atoms with E-state index >= 15 is 13.2 Å². The van der Waals surface area contributed by atoms with Crippen molar-refractivity contribution in [2.45, 2.75) is 77.6 Å². The third kappa shape index (κ3) is 6.08. The largest absolute Gasteiger partial charge is 0.410 e. The van der Waals surface area contributed by atoms with Crippen LogP contribution in [0.5, 0.6) is 0 Å². The quantitative estimate of drug-likeness (QED) is 0.219. The van der Waals surface area contributed by atoms with Crippen molar-refractivity contribution in [1.82, 2.24) is 15.0 Å². The van der Waals surface area contributed by atoms with Gasteiger partial charge in [0.05, 0.1) is 26.1 Å². The number of fused-ring (bicyclic) bond motifs is 1. The van der Waals surface area contributed by atoms with Gasteiger partial charge in [0.2, 0.25) is 0 Å². The summed E-state index contributed by atoms with van der Waals surface area (Å²) < 4.78 is 82.4.